The third-order valence-corrected chi connectivity index (χ3v) is 1.63. The molecule has 0 fully saturated rings. The van der Waals surface area contributed by atoms with E-state index in [0.717, 1.165) is 0 Å². The number of carbonyl (C=O) groups excluding carboxylic acids is 1. The first-order chi connectivity index (χ1) is 7.08. The van der Waals surface area contributed by atoms with Crippen LogP contribution in [0.3, 0.4) is 0 Å². The monoisotopic (exact) mass is 209 g/mol. The fourth-order valence-corrected chi connectivity index (χ4v) is 0.942. The second-order valence-corrected chi connectivity index (χ2v) is 2.93. The molecule has 1 aromatic heterocycles. The van der Waals surface area contributed by atoms with E-state index in [1.807, 2.05) is 0 Å². The molecule has 4 N–H and O–H groups in total. The summed E-state index contributed by atoms with van der Waals surface area (Å²) in [5.74, 6) is -1.46. The highest BCUT2D eigenvalue weighted by atomic mass is 16.4. The van der Waals surface area contributed by atoms with Crippen LogP contribution in [0.2, 0.25) is 0 Å². The summed E-state index contributed by atoms with van der Waals surface area (Å²) >= 11 is 0. The number of hydrogen-bond acceptors (Lipinski definition) is 4. The number of nitrogens with two attached hydrogens (primary N) is 1. The smallest absolute Gasteiger partial charge is 0.322 e. The van der Waals surface area contributed by atoms with E-state index >= 15 is 0 Å². The van der Waals surface area contributed by atoms with Gasteiger partial charge in [0.15, 0.2) is 0 Å². The number of rotatable bonds is 4. The third-order valence-electron chi connectivity index (χ3n) is 1.63. The molecule has 0 atom stereocenters. The largest absolute Gasteiger partial charge is 0.480 e. The number of amides is 1. The average Bonchev–Trinajstić information content (AvgIpc) is 2.19. The van der Waals surface area contributed by atoms with Gasteiger partial charge in [0.2, 0.25) is 5.91 Å². The Hall–Kier alpha value is -2.11. The molecule has 0 spiro atoms. The summed E-state index contributed by atoms with van der Waals surface area (Å²) < 4.78 is 0. The number of nitrogens with zero attached hydrogens (tertiary/aromatic N) is 1. The number of carbonyl (C=O) groups is 2. The Morgan fingerprint density at radius 2 is 2.20 bits per heavy atom. The van der Waals surface area contributed by atoms with Gasteiger partial charge >= 0.3 is 5.97 Å². The first-order valence-corrected chi connectivity index (χ1v) is 4.27. The van der Waals surface area contributed by atoms with E-state index in [1.165, 1.54) is 6.20 Å². The van der Waals surface area contributed by atoms with Crippen LogP contribution < -0.4 is 11.1 Å². The molecule has 0 aliphatic rings. The van der Waals surface area contributed by atoms with Crippen molar-refractivity contribution in [3.63, 3.8) is 0 Å². The molecule has 1 amide bonds. The third kappa shape index (κ3) is 4.08. The molecule has 0 aliphatic carbocycles. The second kappa shape index (κ2) is 4.94. The Kier molecular flexibility index (Phi) is 3.61. The Bertz CT molecular complexity index is 361. The Morgan fingerprint density at radius 1 is 1.47 bits per heavy atom. The standard InChI is InChI=1S/C9H11N3O3/c10-6-1-2-7(11-4-6)3-8(13)12-5-9(14)15/h1-2,4H,3,5,10H2,(H,12,13)(H,14,15). The van der Waals surface area contributed by atoms with Crippen molar-refractivity contribution in [2.45, 2.75) is 6.42 Å². The molecular formula is C9H11N3O3. The predicted octanol–water partition coefficient (Wildman–Crippen LogP) is -0.593. The minimum Gasteiger partial charge on any atom is -0.480 e. The summed E-state index contributed by atoms with van der Waals surface area (Å²) in [4.78, 5) is 25.2. The van der Waals surface area contributed by atoms with Crippen LogP contribution >= 0.6 is 0 Å². The topological polar surface area (TPSA) is 105 Å². The van der Waals surface area contributed by atoms with E-state index in [9.17, 15) is 9.59 Å². The van der Waals surface area contributed by atoms with Crippen molar-refractivity contribution in [1.29, 1.82) is 0 Å². The van der Waals surface area contributed by atoms with Crippen molar-refractivity contribution in [2.24, 2.45) is 0 Å². The lowest BCUT2D eigenvalue weighted by Gasteiger charge is -2.01. The number of carboxylic acid groups (broad SMARTS) is 1. The zero-order valence-corrected chi connectivity index (χ0v) is 7.93. The summed E-state index contributed by atoms with van der Waals surface area (Å²) in [6.45, 7) is -0.381. The molecule has 15 heavy (non-hydrogen) atoms. The summed E-state index contributed by atoms with van der Waals surface area (Å²) in [6, 6.07) is 3.25. The fraction of sp³-hybridized carbons (Fsp3) is 0.222. The Labute approximate surface area is 86.1 Å². The number of anilines is 1. The maximum Gasteiger partial charge on any atom is 0.322 e. The van der Waals surface area contributed by atoms with Crippen LogP contribution in [-0.2, 0) is 16.0 Å². The van der Waals surface area contributed by atoms with Crippen LogP contribution in [0.4, 0.5) is 5.69 Å². The highest BCUT2D eigenvalue weighted by Crippen LogP contribution is 2.01. The molecule has 0 unspecified atom stereocenters. The highest BCUT2D eigenvalue weighted by molar-refractivity contribution is 5.82. The summed E-state index contributed by atoms with van der Waals surface area (Å²) in [6.07, 6.45) is 1.49. The Morgan fingerprint density at radius 3 is 2.73 bits per heavy atom. The molecule has 0 aromatic carbocycles. The average molecular weight is 209 g/mol. The van der Waals surface area contributed by atoms with E-state index in [2.05, 4.69) is 10.3 Å². The first kappa shape index (κ1) is 11.0. The lowest BCUT2D eigenvalue weighted by Crippen LogP contribution is -2.30. The van der Waals surface area contributed by atoms with Crippen molar-refractivity contribution < 1.29 is 14.7 Å². The van der Waals surface area contributed by atoms with Gasteiger partial charge in [0.05, 0.1) is 18.3 Å². The van der Waals surface area contributed by atoms with Crippen LogP contribution in [0.25, 0.3) is 0 Å². The van der Waals surface area contributed by atoms with Gasteiger partial charge in [0.25, 0.3) is 0 Å². The van der Waals surface area contributed by atoms with Crippen LogP contribution in [0, 0.1) is 0 Å². The fourth-order valence-electron chi connectivity index (χ4n) is 0.942. The van der Waals surface area contributed by atoms with Crippen LogP contribution in [0.5, 0.6) is 0 Å². The van der Waals surface area contributed by atoms with Gasteiger partial charge in [-0.1, -0.05) is 0 Å². The predicted molar refractivity (Wildman–Crippen MR) is 53.0 cm³/mol. The minimum absolute atomic E-state index is 0.0492. The number of nitrogens with one attached hydrogen (secondary N) is 1. The van der Waals surface area contributed by atoms with Crippen LogP contribution in [0.1, 0.15) is 5.69 Å². The van der Waals surface area contributed by atoms with E-state index < -0.39 is 5.97 Å². The molecule has 0 aliphatic heterocycles. The zero-order chi connectivity index (χ0) is 11.3. The minimum atomic E-state index is -1.08. The van der Waals surface area contributed by atoms with Crippen LogP contribution in [-0.4, -0.2) is 28.5 Å². The number of carboxylic acids is 1. The van der Waals surface area contributed by atoms with Crippen molar-refractivity contribution in [2.75, 3.05) is 12.3 Å². The second-order valence-electron chi connectivity index (χ2n) is 2.93. The molecule has 0 bridgehead atoms. The highest BCUT2D eigenvalue weighted by Gasteiger charge is 2.05. The van der Waals surface area contributed by atoms with E-state index in [4.69, 9.17) is 10.8 Å². The molecule has 6 heteroatoms. The maximum atomic E-state index is 11.2. The zero-order valence-electron chi connectivity index (χ0n) is 7.93. The molecule has 0 saturated carbocycles. The molecule has 0 saturated heterocycles. The molecule has 0 radical (unpaired) electrons. The van der Waals surface area contributed by atoms with Gasteiger partial charge in [-0.2, -0.15) is 0 Å². The van der Waals surface area contributed by atoms with Crippen molar-refractivity contribution in [1.82, 2.24) is 10.3 Å². The van der Waals surface area contributed by atoms with Crippen molar-refractivity contribution in [3.05, 3.63) is 24.0 Å². The maximum absolute atomic E-state index is 11.2. The summed E-state index contributed by atoms with van der Waals surface area (Å²) in [7, 11) is 0. The SMILES string of the molecule is Nc1ccc(CC(=O)NCC(=O)O)nc1. The molecule has 1 heterocycles. The van der Waals surface area contributed by atoms with Crippen molar-refractivity contribution in [3.8, 4) is 0 Å². The van der Waals surface area contributed by atoms with Crippen molar-refractivity contribution >= 4 is 17.6 Å². The van der Waals surface area contributed by atoms with Gasteiger partial charge in [0, 0.05) is 5.69 Å². The van der Waals surface area contributed by atoms with Gasteiger partial charge in [-0.25, -0.2) is 0 Å². The van der Waals surface area contributed by atoms with E-state index in [-0.39, 0.29) is 18.9 Å². The van der Waals surface area contributed by atoms with Gasteiger partial charge in [0.1, 0.15) is 6.54 Å². The van der Waals surface area contributed by atoms with E-state index in [1.54, 1.807) is 12.1 Å². The number of aromatic nitrogens is 1. The van der Waals surface area contributed by atoms with E-state index in [0.29, 0.717) is 11.4 Å². The quantitative estimate of drug-likeness (QED) is 0.614. The summed E-state index contributed by atoms with van der Waals surface area (Å²) in [5, 5.41) is 10.6. The van der Waals surface area contributed by atoms with Gasteiger partial charge in [-0.3, -0.25) is 14.6 Å². The van der Waals surface area contributed by atoms with Crippen LogP contribution in [0.15, 0.2) is 18.3 Å². The summed E-state index contributed by atoms with van der Waals surface area (Å²) in [5.41, 5.74) is 6.48. The van der Waals surface area contributed by atoms with Gasteiger partial charge in [-0.05, 0) is 12.1 Å². The molecular weight excluding hydrogens is 198 g/mol. The lowest BCUT2D eigenvalue weighted by atomic mass is 10.2. The Balaban J connectivity index is 2.44. The number of hydrogen-bond donors (Lipinski definition) is 3. The molecule has 1 aromatic rings. The number of aliphatic carboxylic acids is 1. The first-order valence-electron chi connectivity index (χ1n) is 4.27. The molecule has 6 nitrogen and oxygen atoms in total. The molecule has 1 rings (SSSR count). The lowest BCUT2D eigenvalue weighted by molar-refractivity contribution is -0.137. The van der Waals surface area contributed by atoms with Gasteiger partial charge < -0.3 is 16.2 Å². The van der Waals surface area contributed by atoms with Gasteiger partial charge in [-0.15, -0.1) is 0 Å². The number of pyridine rings is 1. The normalized spacial score (nSPS) is 9.60. The number of nitrogen functional groups attached to an aromatic ring is 1. The molecule has 80 valence electrons.